The van der Waals surface area contributed by atoms with E-state index in [-0.39, 0.29) is 16.2 Å². The minimum atomic E-state index is 0.0599. The van der Waals surface area contributed by atoms with Gasteiger partial charge in [0.15, 0.2) is 0 Å². The maximum Gasteiger partial charge on any atom is 0.122 e. The summed E-state index contributed by atoms with van der Waals surface area (Å²) >= 11 is 0. The van der Waals surface area contributed by atoms with Crippen molar-refractivity contribution in [1.29, 1.82) is 0 Å². The van der Waals surface area contributed by atoms with Crippen molar-refractivity contribution in [3.63, 3.8) is 0 Å². The van der Waals surface area contributed by atoms with E-state index in [4.69, 9.17) is 0 Å². The molecule has 1 heteroatoms. The second-order valence-corrected chi connectivity index (χ2v) is 13.0. The summed E-state index contributed by atoms with van der Waals surface area (Å²) in [6.45, 7) is 16.5. The third-order valence-electron chi connectivity index (χ3n) is 8.01. The van der Waals surface area contributed by atoms with Gasteiger partial charge < -0.3 is 5.11 Å². The van der Waals surface area contributed by atoms with Gasteiger partial charge >= 0.3 is 0 Å². The van der Waals surface area contributed by atoms with Gasteiger partial charge in [-0.2, -0.15) is 0 Å². The summed E-state index contributed by atoms with van der Waals surface area (Å²) in [7, 11) is 0. The highest BCUT2D eigenvalue weighted by molar-refractivity contribution is 5.49. The maximum atomic E-state index is 11.6. The van der Waals surface area contributed by atoms with Crippen LogP contribution in [0.3, 0.4) is 0 Å². The van der Waals surface area contributed by atoms with Crippen LogP contribution in [0.15, 0.2) is 12.1 Å². The minimum absolute atomic E-state index is 0.0599. The Kier molecular flexibility index (Phi) is 10.2. The molecule has 1 aliphatic carbocycles. The Hall–Kier alpha value is -0.980. The van der Waals surface area contributed by atoms with Crippen LogP contribution in [0.1, 0.15) is 155 Å². The summed E-state index contributed by atoms with van der Waals surface area (Å²) in [5.74, 6) is 0.600. The van der Waals surface area contributed by atoms with E-state index in [1.807, 2.05) is 0 Å². The molecule has 0 saturated carbocycles. The largest absolute Gasteiger partial charge is 0.507 e. The summed E-state index contributed by atoms with van der Waals surface area (Å²) < 4.78 is 0. The predicted octanol–water partition coefficient (Wildman–Crippen LogP) is 10.0. The van der Waals surface area contributed by atoms with Crippen LogP contribution in [0.25, 0.3) is 0 Å². The van der Waals surface area contributed by atoms with Crippen molar-refractivity contribution in [3.05, 3.63) is 28.8 Å². The summed E-state index contributed by atoms with van der Waals surface area (Å²) in [6, 6.07) is 4.69. The first-order chi connectivity index (χ1) is 15.0. The van der Waals surface area contributed by atoms with Crippen molar-refractivity contribution < 1.29 is 5.11 Å². The average molecular weight is 443 g/mol. The first-order valence-corrected chi connectivity index (χ1v) is 13.9. The van der Waals surface area contributed by atoms with E-state index in [0.29, 0.717) is 5.75 Å². The zero-order valence-electron chi connectivity index (χ0n) is 22.7. The van der Waals surface area contributed by atoms with Crippen LogP contribution in [-0.2, 0) is 17.3 Å². The van der Waals surface area contributed by atoms with Crippen LogP contribution in [0.5, 0.6) is 5.75 Å². The standard InChI is InChI=1S/C31H54O/c1-8-19-31(7)21-18-16-14-12-10-9-11-13-15-17-20-30(5,6)24-25-22-26(29(2,3)4)23-27(31)28(25)32/h22-23,32H,8-21,24H2,1-7H3. The van der Waals surface area contributed by atoms with Crippen molar-refractivity contribution in [1.82, 2.24) is 0 Å². The molecular weight excluding hydrogens is 388 g/mol. The smallest absolute Gasteiger partial charge is 0.122 e. The molecule has 0 spiro atoms. The van der Waals surface area contributed by atoms with Gasteiger partial charge in [-0.1, -0.05) is 131 Å². The van der Waals surface area contributed by atoms with Crippen LogP contribution < -0.4 is 0 Å². The molecule has 0 aliphatic heterocycles. The number of benzene rings is 1. The van der Waals surface area contributed by atoms with Crippen molar-refractivity contribution >= 4 is 0 Å². The Labute approximate surface area is 200 Å². The maximum absolute atomic E-state index is 11.6. The molecule has 1 nitrogen and oxygen atoms in total. The van der Waals surface area contributed by atoms with Gasteiger partial charge in [-0.15, -0.1) is 0 Å². The number of phenolic OH excluding ortho intramolecular Hbond substituents is 1. The van der Waals surface area contributed by atoms with Crippen LogP contribution in [-0.4, -0.2) is 5.11 Å². The fraction of sp³-hybridized carbons (Fsp3) is 0.806. The molecule has 1 unspecified atom stereocenters. The number of hydrogen-bond donors (Lipinski definition) is 1. The normalized spacial score (nSPS) is 24.5. The highest BCUT2D eigenvalue weighted by Gasteiger charge is 2.32. The lowest BCUT2D eigenvalue weighted by Crippen LogP contribution is -2.25. The molecule has 1 aromatic carbocycles. The van der Waals surface area contributed by atoms with E-state index in [1.54, 1.807) is 0 Å². The molecule has 0 heterocycles. The zero-order chi connectivity index (χ0) is 23.8. The van der Waals surface area contributed by atoms with Crippen LogP contribution >= 0.6 is 0 Å². The van der Waals surface area contributed by atoms with E-state index in [9.17, 15) is 5.11 Å². The van der Waals surface area contributed by atoms with Crippen molar-refractivity contribution in [2.75, 3.05) is 0 Å². The van der Waals surface area contributed by atoms with Gasteiger partial charge in [-0.05, 0) is 53.1 Å². The topological polar surface area (TPSA) is 20.2 Å². The van der Waals surface area contributed by atoms with Gasteiger partial charge in [0.25, 0.3) is 0 Å². The van der Waals surface area contributed by atoms with Gasteiger partial charge in [-0.25, -0.2) is 0 Å². The lowest BCUT2D eigenvalue weighted by Gasteiger charge is -2.35. The number of phenols is 1. The average Bonchev–Trinajstić information content (AvgIpc) is 2.68. The summed E-state index contributed by atoms with van der Waals surface area (Å²) in [5, 5.41) is 11.6. The Morgan fingerprint density at radius 2 is 1.28 bits per heavy atom. The van der Waals surface area contributed by atoms with Crippen molar-refractivity contribution in [3.8, 4) is 5.75 Å². The molecule has 184 valence electrons. The van der Waals surface area contributed by atoms with E-state index < -0.39 is 0 Å². The third-order valence-corrected chi connectivity index (χ3v) is 8.01. The molecule has 1 N–H and O–H groups in total. The van der Waals surface area contributed by atoms with Gasteiger partial charge in [0.05, 0.1) is 0 Å². The molecule has 0 amide bonds. The van der Waals surface area contributed by atoms with E-state index >= 15 is 0 Å². The van der Waals surface area contributed by atoms with Crippen molar-refractivity contribution in [2.24, 2.45) is 5.41 Å². The molecule has 0 aromatic heterocycles. The molecule has 2 bridgehead atoms. The predicted molar refractivity (Wildman–Crippen MR) is 142 cm³/mol. The first-order valence-electron chi connectivity index (χ1n) is 13.9. The second kappa shape index (κ2) is 11.9. The third kappa shape index (κ3) is 8.11. The van der Waals surface area contributed by atoms with E-state index in [2.05, 4.69) is 60.6 Å². The quantitative estimate of drug-likeness (QED) is 0.483. The van der Waals surface area contributed by atoms with Gasteiger partial charge in [-0.3, -0.25) is 0 Å². The molecule has 2 rings (SSSR count). The monoisotopic (exact) mass is 442 g/mol. The molecule has 32 heavy (non-hydrogen) atoms. The van der Waals surface area contributed by atoms with Gasteiger partial charge in [0.2, 0.25) is 0 Å². The number of fused-ring (bicyclic) bond motifs is 2. The van der Waals surface area contributed by atoms with E-state index in [0.717, 1.165) is 19.3 Å². The van der Waals surface area contributed by atoms with E-state index in [1.165, 1.54) is 93.7 Å². The Balaban J connectivity index is 2.47. The Morgan fingerprint density at radius 1 is 0.781 bits per heavy atom. The molecule has 1 aliphatic rings. The fourth-order valence-corrected chi connectivity index (χ4v) is 5.81. The number of aromatic hydroxyl groups is 1. The highest BCUT2D eigenvalue weighted by Crippen LogP contribution is 2.45. The van der Waals surface area contributed by atoms with Gasteiger partial charge in [0.1, 0.15) is 5.75 Å². The molecule has 1 aromatic rings. The lowest BCUT2D eigenvalue weighted by molar-refractivity contribution is 0.306. The Bertz CT molecular complexity index is 693. The van der Waals surface area contributed by atoms with Crippen LogP contribution in [0.2, 0.25) is 0 Å². The van der Waals surface area contributed by atoms with Crippen LogP contribution in [0, 0.1) is 5.41 Å². The minimum Gasteiger partial charge on any atom is -0.507 e. The summed E-state index contributed by atoms with van der Waals surface area (Å²) in [5.41, 5.74) is 4.15. The Morgan fingerprint density at radius 3 is 1.78 bits per heavy atom. The van der Waals surface area contributed by atoms with Crippen molar-refractivity contribution in [2.45, 2.75) is 156 Å². The summed E-state index contributed by atoms with van der Waals surface area (Å²) in [4.78, 5) is 0. The summed E-state index contributed by atoms with van der Waals surface area (Å²) in [6.07, 6.45) is 19.4. The fourth-order valence-electron chi connectivity index (χ4n) is 5.81. The highest BCUT2D eigenvalue weighted by atomic mass is 16.3. The first kappa shape index (κ1) is 27.3. The SMILES string of the molecule is CCCC1(C)CCCCCCCCCCCCC(C)(C)Cc2cc(C(C)(C)C)cc1c2O. The van der Waals surface area contributed by atoms with Crippen LogP contribution in [0.4, 0.5) is 0 Å². The number of rotatable bonds is 2. The second-order valence-electron chi connectivity index (χ2n) is 13.0. The molecule has 0 radical (unpaired) electrons. The zero-order valence-corrected chi connectivity index (χ0v) is 22.7. The number of hydrogen-bond acceptors (Lipinski definition) is 1. The van der Waals surface area contributed by atoms with Gasteiger partial charge in [0, 0.05) is 5.56 Å². The molecule has 0 saturated heterocycles. The lowest BCUT2D eigenvalue weighted by atomic mass is 9.70. The molecular formula is C31H54O. The molecule has 1 atom stereocenters. The molecule has 0 fully saturated rings.